The van der Waals surface area contributed by atoms with Gasteiger partial charge in [-0.2, -0.15) is 5.10 Å². The summed E-state index contributed by atoms with van der Waals surface area (Å²) in [6.07, 6.45) is 2.60. The third-order valence-electron chi connectivity index (χ3n) is 5.08. The van der Waals surface area contributed by atoms with Gasteiger partial charge in [-0.05, 0) is 62.5 Å². The number of nitrogens with one attached hydrogen (secondary N) is 1. The number of pyridine rings is 1. The zero-order valence-electron chi connectivity index (χ0n) is 18.1. The van der Waals surface area contributed by atoms with Crippen molar-refractivity contribution >= 4 is 23.5 Å². The van der Waals surface area contributed by atoms with E-state index >= 15 is 0 Å². The smallest absolute Gasteiger partial charge is 0.327 e. The van der Waals surface area contributed by atoms with Crippen molar-refractivity contribution in [3.05, 3.63) is 54.4 Å². The molecule has 0 aliphatic carbocycles. The highest BCUT2D eigenvalue weighted by Gasteiger charge is 2.14. The minimum Gasteiger partial charge on any atom is -0.491 e. The van der Waals surface area contributed by atoms with Crippen LogP contribution in [0.25, 0.3) is 16.6 Å². The Morgan fingerprint density at radius 3 is 2.67 bits per heavy atom. The first-order valence-electron chi connectivity index (χ1n) is 10.4. The summed E-state index contributed by atoms with van der Waals surface area (Å²) in [7, 11) is 0. The number of hydrogen-bond donors (Lipinski definition) is 1. The van der Waals surface area contributed by atoms with Crippen molar-refractivity contribution in [2.45, 2.75) is 40.2 Å². The van der Waals surface area contributed by atoms with E-state index < -0.39 is 0 Å². The summed E-state index contributed by atoms with van der Waals surface area (Å²) in [5, 5.41) is 4.39. The Kier molecular flexibility index (Phi) is 7.63. The normalized spacial score (nSPS) is 12.0. The van der Waals surface area contributed by atoms with Crippen molar-refractivity contribution in [3.8, 4) is 16.9 Å². The number of aryl methyl sites for hydroxylation is 1. The zero-order valence-corrected chi connectivity index (χ0v) is 18.9. The molecule has 0 radical (unpaired) electrons. The summed E-state index contributed by atoms with van der Waals surface area (Å²) in [5.41, 5.74) is 4.49. The maximum Gasteiger partial charge on any atom is 0.327 e. The van der Waals surface area contributed by atoms with Gasteiger partial charge in [-0.1, -0.05) is 25.1 Å². The van der Waals surface area contributed by atoms with Gasteiger partial charge in [-0.3, -0.25) is 4.72 Å². The molecule has 30 heavy (non-hydrogen) atoms. The van der Waals surface area contributed by atoms with E-state index in [1.807, 2.05) is 49.7 Å². The van der Waals surface area contributed by atoms with Gasteiger partial charge in [0.05, 0.1) is 11.6 Å². The van der Waals surface area contributed by atoms with Crippen molar-refractivity contribution in [1.29, 1.82) is 0 Å². The molecule has 3 rings (SSSR count). The number of amides is 2. The fraction of sp³-hybridized carbons (Fsp3) is 0.391. The first-order chi connectivity index (χ1) is 14.5. The SMILES string of the molecule is CCSNC(=O)N(CC)CCC(C)Oc1ccc(-c2ccc3ccnn3c2C)cc1. The second-order valence-corrected chi connectivity index (χ2v) is 8.23. The molecule has 0 fully saturated rings. The molecule has 1 atom stereocenters. The lowest BCUT2D eigenvalue weighted by Gasteiger charge is -2.23. The van der Waals surface area contributed by atoms with Crippen molar-refractivity contribution in [1.82, 2.24) is 19.2 Å². The van der Waals surface area contributed by atoms with E-state index in [0.717, 1.165) is 40.3 Å². The van der Waals surface area contributed by atoms with E-state index in [0.29, 0.717) is 13.1 Å². The van der Waals surface area contributed by atoms with E-state index in [1.165, 1.54) is 11.9 Å². The molecule has 2 heterocycles. The molecule has 0 aliphatic rings. The Morgan fingerprint density at radius 1 is 1.20 bits per heavy atom. The maximum atomic E-state index is 12.1. The Labute approximate surface area is 182 Å². The zero-order chi connectivity index (χ0) is 21.5. The minimum absolute atomic E-state index is 0.0127. The highest BCUT2D eigenvalue weighted by atomic mass is 32.2. The van der Waals surface area contributed by atoms with Gasteiger partial charge in [0, 0.05) is 42.7 Å². The standard InChI is InChI=1S/C23H30N4O2S/c1-5-26(23(28)25-30-6-2)16-14-17(3)29-21-10-7-19(8-11-21)22-12-9-20-13-15-24-27(20)18(22)4/h7-13,15,17H,5-6,14,16H2,1-4H3,(H,25,28). The molecule has 0 spiro atoms. The van der Waals surface area contributed by atoms with E-state index in [2.05, 4.69) is 41.0 Å². The topological polar surface area (TPSA) is 58.9 Å². The predicted molar refractivity (Wildman–Crippen MR) is 124 cm³/mol. The summed E-state index contributed by atoms with van der Waals surface area (Å²) in [6.45, 7) is 9.46. The lowest BCUT2D eigenvalue weighted by Crippen LogP contribution is -2.38. The van der Waals surface area contributed by atoms with Gasteiger partial charge in [0.1, 0.15) is 5.75 Å². The van der Waals surface area contributed by atoms with Gasteiger partial charge in [-0.15, -0.1) is 0 Å². The van der Waals surface area contributed by atoms with Gasteiger partial charge in [0.25, 0.3) is 0 Å². The first-order valence-corrected chi connectivity index (χ1v) is 11.4. The van der Waals surface area contributed by atoms with E-state index in [9.17, 15) is 4.79 Å². The molecule has 7 heteroatoms. The van der Waals surface area contributed by atoms with Gasteiger partial charge in [0.2, 0.25) is 0 Å². The van der Waals surface area contributed by atoms with Crippen LogP contribution in [0.15, 0.2) is 48.7 Å². The number of benzene rings is 1. The van der Waals surface area contributed by atoms with Crippen molar-refractivity contribution in [2.75, 3.05) is 18.8 Å². The number of carbonyl (C=O) groups excluding carboxylic acids is 1. The van der Waals surface area contributed by atoms with Crippen LogP contribution in [0, 0.1) is 6.92 Å². The number of urea groups is 1. The quantitative estimate of drug-likeness (QED) is 0.480. The maximum absolute atomic E-state index is 12.1. The Hall–Kier alpha value is -2.67. The molecule has 0 saturated heterocycles. The molecule has 6 nitrogen and oxygen atoms in total. The van der Waals surface area contributed by atoms with E-state index in [4.69, 9.17) is 4.74 Å². The molecule has 1 aromatic carbocycles. The number of nitrogens with zero attached hydrogens (tertiary/aromatic N) is 3. The van der Waals surface area contributed by atoms with E-state index in [-0.39, 0.29) is 12.1 Å². The van der Waals surface area contributed by atoms with Crippen LogP contribution >= 0.6 is 11.9 Å². The van der Waals surface area contributed by atoms with Crippen molar-refractivity contribution in [2.24, 2.45) is 0 Å². The van der Waals surface area contributed by atoms with Crippen LogP contribution in [-0.2, 0) is 0 Å². The predicted octanol–water partition coefficient (Wildman–Crippen LogP) is 5.17. The summed E-state index contributed by atoms with van der Waals surface area (Å²) in [6, 6.07) is 14.3. The largest absolute Gasteiger partial charge is 0.491 e. The molecule has 0 saturated carbocycles. The summed E-state index contributed by atoms with van der Waals surface area (Å²) >= 11 is 1.42. The number of carbonyl (C=O) groups is 1. The van der Waals surface area contributed by atoms with E-state index in [1.54, 1.807) is 4.90 Å². The number of aromatic nitrogens is 2. The lowest BCUT2D eigenvalue weighted by molar-refractivity contribution is 0.176. The van der Waals surface area contributed by atoms with Crippen LogP contribution in [-0.4, -0.2) is 45.5 Å². The van der Waals surface area contributed by atoms with Crippen molar-refractivity contribution < 1.29 is 9.53 Å². The molecule has 160 valence electrons. The number of fused-ring (bicyclic) bond motifs is 1. The van der Waals surface area contributed by atoms with Crippen LogP contribution in [0.5, 0.6) is 5.75 Å². The average Bonchev–Trinajstić information content (AvgIpc) is 3.23. The Bertz CT molecular complexity index is 971. The molecule has 1 N–H and O–H groups in total. The van der Waals surface area contributed by atoms with Gasteiger partial charge >= 0.3 is 6.03 Å². The minimum atomic E-state index is -0.0366. The monoisotopic (exact) mass is 426 g/mol. The number of rotatable bonds is 9. The van der Waals surface area contributed by atoms with Gasteiger partial charge < -0.3 is 9.64 Å². The van der Waals surface area contributed by atoms with Gasteiger partial charge in [-0.25, -0.2) is 9.31 Å². The third kappa shape index (κ3) is 5.27. The third-order valence-corrected chi connectivity index (χ3v) is 5.69. The van der Waals surface area contributed by atoms with Crippen LogP contribution in [0.3, 0.4) is 0 Å². The average molecular weight is 427 g/mol. The molecular formula is C23H30N4O2S. The highest BCUT2D eigenvalue weighted by molar-refractivity contribution is 7.97. The van der Waals surface area contributed by atoms with Crippen LogP contribution in [0.1, 0.15) is 32.9 Å². The first kappa shape index (κ1) is 22.0. The second kappa shape index (κ2) is 10.4. The second-order valence-electron chi connectivity index (χ2n) is 7.16. The Balaban J connectivity index is 1.58. The summed E-state index contributed by atoms with van der Waals surface area (Å²) in [4.78, 5) is 13.9. The molecule has 0 bridgehead atoms. The molecule has 2 aromatic heterocycles. The fourth-order valence-electron chi connectivity index (χ4n) is 3.37. The summed E-state index contributed by atoms with van der Waals surface area (Å²) in [5.74, 6) is 1.69. The fourth-order valence-corrected chi connectivity index (χ4v) is 3.77. The lowest BCUT2D eigenvalue weighted by atomic mass is 10.0. The van der Waals surface area contributed by atoms with Crippen LogP contribution in [0.2, 0.25) is 0 Å². The Morgan fingerprint density at radius 2 is 1.97 bits per heavy atom. The molecule has 1 unspecified atom stereocenters. The molecular weight excluding hydrogens is 396 g/mol. The van der Waals surface area contributed by atoms with Crippen LogP contribution < -0.4 is 9.46 Å². The molecule has 2 amide bonds. The highest BCUT2D eigenvalue weighted by Crippen LogP contribution is 2.26. The number of ether oxygens (including phenoxy) is 1. The van der Waals surface area contributed by atoms with Gasteiger partial charge in [0.15, 0.2) is 0 Å². The van der Waals surface area contributed by atoms with Crippen LogP contribution in [0.4, 0.5) is 4.79 Å². The molecule has 0 aliphatic heterocycles. The molecule has 3 aromatic rings. The van der Waals surface area contributed by atoms with Crippen molar-refractivity contribution in [3.63, 3.8) is 0 Å². The number of hydrogen-bond acceptors (Lipinski definition) is 4. The summed E-state index contributed by atoms with van der Waals surface area (Å²) < 4.78 is 10.9.